The lowest BCUT2D eigenvalue weighted by Crippen LogP contribution is -2.29. The Morgan fingerprint density at radius 3 is 1.96 bits per heavy atom. The minimum absolute atomic E-state index is 0.0439. The molecule has 0 heterocycles. The van der Waals surface area contributed by atoms with E-state index in [4.69, 9.17) is 9.47 Å². The van der Waals surface area contributed by atoms with E-state index in [-0.39, 0.29) is 5.91 Å². The number of likely N-dealkylation sites (N-methyl/N-ethyl adjacent to an activating group) is 1. The lowest BCUT2D eigenvalue weighted by Gasteiger charge is -2.17. The molecule has 1 amide bonds. The van der Waals surface area contributed by atoms with Crippen molar-refractivity contribution in [3.8, 4) is 11.5 Å². The molecule has 0 bridgehead atoms. The molecule has 2 aromatic carbocycles. The molecule has 25 heavy (non-hydrogen) atoms. The molecule has 0 radical (unpaired) electrons. The second-order valence-corrected chi connectivity index (χ2v) is 5.75. The Hall–Kier alpha value is -2.53. The van der Waals surface area contributed by atoms with Gasteiger partial charge in [-0.05, 0) is 62.9 Å². The molecule has 2 aromatic rings. The lowest BCUT2D eigenvalue weighted by molar-refractivity contribution is -0.117. The van der Waals surface area contributed by atoms with Crippen molar-refractivity contribution >= 4 is 11.6 Å². The molecule has 0 saturated carbocycles. The van der Waals surface area contributed by atoms with Crippen LogP contribution in [0.4, 0.5) is 5.69 Å². The Morgan fingerprint density at radius 2 is 1.44 bits per heavy atom. The number of benzene rings is 2. The highest BCUT2D eigenvalue weighted by molar-refractivity contribution is 5.92. The molecular weight excluding hydrogens is 316 g/mol. The first-order chi connectivity index (χ1) is 12.1. The molecule has 0 aromatic heterocycles. The first kappa shape index (κ1) is 18.8. The topological polar surface area (TPSA) is 50.8 Å². The largest absolute Gasteiger partial charge is 0.494 e. The predicted molar refractivity (Wildman–Crippen MR) is 100 cm³/mol. The fraction of sp³-hybridized carbons (Fsp3) is 0.350. The maximum Gasteiger partial charge on any atom is 0.238 e. The van der Waals surface area contributed by atoms with Crippen LogP contribution in [0.1, 0.15) is 19.4 Å². The Morgan fingerprint density at radius 1 is 0.920 bits per heavy atom. The molecule has 0 aliphatic rings. The van der Waals surface area contributed by atoms with E-state index in [9.17, 15) is 4.79 Å². The summed E-state index contributed by atoms with van der Waals surface area (Å²) in [7, 11) is 1.92. The van der Waals surface area contributed by atoms with Gasteiger partial charge in [0, 0.05) is 12.2 Å². The standard InChI is InChI=1S/C20H26N2O3/c1-4-24-18-10-6-16(7-11-18)14-22(3)15-20(23)21-17-8-12-19(13-9-17)25-5-2/h6-13H,4-5,14-15H2,1-3H3,(H,21,23). The average Bonchev–Trinajstić information content (AvgIpc) is 2.59. The molecule has 134 valence electrons. The second kappa shape index (κ2) is 9.69. The van der Waals surface area contributed by atoms with Crippen LogP contribution >= 0.6 is 0 Å². The summed E-state index contributed by atoms with van der Waals surface area (Å²) in [5, 5.41) is 2.90. The van der Waals surface area contributed by atoms with Crippen LogP contribution in [0.5, 0.6) is 11.5 Å². The van der Waals surface area contributed by atoms with E-state index in [1.807, 2.05) is 74.3 Å². The van der Waals surface area contributed by atoms with Gasteiger partial charge in [0.1, 0.15) is 11.5 Å². The molecule has 5 nitrogen and oxygen atoms in total. The fourth-order valence-corrected chi connectivity index (χ4v) is 2.47. The van der Waals surface area contributed by atoms with Gasteiger partial charge in [-0.15, -0.1) is 0 Å². The summed E-state index contributed by atoms with van der Waals surface area (Å²) < 4.78 is 10.8. The van der Waals surface area contributed by atoms with E-state index in [2.05, 4.69) is 5.32 Å². The first-order valence-corrected chi connectivity index (χ1v) is 8.53. The normalized spacial score (nSPS) is 10.6. The summed E-state index contributed by atoms with van der Waals surface area (Å²) in [6.07, 6.45) is 0. The highest BCUT2D eigenvalue weighted by Gasteiger charge is 2.08. The quantitative estimate of drug-likeness (QED) is 0.757. The highest BCUT2D eigenvalue weighted by atomic mass is 16.5. The van der Waals surface area contributed by atoms with E-state index in [0.29, 0.717) is 26.3 Å². The van der Waals surface area contributed by atoms with Crippen LogP contribution in [0.2, 0.25) is 0 Å². The summed E-state index contributed by atoms with van der Waals surface area (Å²) in [6.45, 7) is 6.21. The summed E-state index contributed by atoms with van der Waals surface area (Å²) in [6, 6.07) is 15.3. The third-order valence-corrected chi connectivity index (χ3v) is 3.55. The maximum atomic E-state index is 12.2. The number of nitrogens with zero attached hydrogens (tertiary/aromatic N) is 1. The molecule has 0 saturated heterocycles. The Bertz CT molecular complexity index is 654. The van der Waals surface area contributed by atoms with Crippen LogP contribution in [0, 0.1) is 0 Å². The highest BCUT2D eigenvalue weighted by Crippen LogP contribution is 2.16. The van der Waals surface area contributed by atoms with Gasteiger partial charge in [0.25, 0.3) is 0 Å². The predicted octanol–water partition coefficient (Wildman–Crippen LogP) is 3.55. The van der Waals surface area contributed by atoms with Crippen molar-refractivity contribution in [1.82, 2.24) is 4.90 Å². The Balaban J connectivity index is 1.80. The second-order valence-electron chi connectivity index (χ2n) is 5.75. The van der Waals surface area contributed by atoms with Crippen molar-refractivity contribution < 1.29 is 14.3 Å². The number of ether oxygens (including phenoxy) is 2. The van der Waals surface area contributed by atoms with Crippen LogP contribution in [0.15, 0.2) is 48.5 Å². The molecule has 0 fully saturated rings. The number of carbonyl (C=O) groups excluding carboxylic acids is 1. The van der Waals surface area contributed by atoms with E-state index in [0.717, 1.165) is 22.7 Å². The van der Waals surface area contributed by atoms with E-state index < -0.39 is 0 Å². The minimum atomic E-state index is -0.0439. The number of anilines is 1. The number of hydrogen-bond donors (Lipinski definition) is 1. The molecule has 1 N–H and O–H groups in total. The summed E-state index contributed by atoms with van der Waals surface area (Å²) in [5.74, 6) is 1.62. The zero-order valence-corrected chi connectivity index (χ0v) is 15.1. The number of nitrogens with one attached hydrogen (secondary N) is 1. The molecule has 0 aliphatic heterocycles. The molecule has 0 unspecified atom stereocenters. The Labute approximate surface area is 149 Å². The van der Waals surface area contributed by atoms with Gasteiger partial charge in [-0.2, -0.15) is 0 Å². The zero-order chi connectivity index (χ0) is 18.1. The van der Waals surface area contributed by atoms with Gasteiger partial charge < -0.3 is 14.8 Å². The van der Waals surface area contributed by atoms with Crippen molar-refractivity contribution in [3.63, 3.8) is 0 Å². The van der Waals surface area contributed by atoms with Gasteiger partial charge in [-0.25, -0.2) is 0 Å². The van der Waals surface area contributed by atoms with Crippen molar-refractivity contribution in [3.05, 3.63) is 54.1 Å². The molecular formula is C20H26N2O3. The fourth-order valence-electron chi connectivity index (χ4n) is 2.47. The van der Waals surface area contributed by atoms with Gasteiger partial charge in [-0.3, -0.25) is 9.69 Å². The minimum Gasteiger partial charge on any atom is -0.494 e. The summed E-state index contributed by atoms with van der Waals surface area (Å²) in [5.41, 5.74) is 1.91. The van der Waals surface area contributed by atoms with Crippen LogP contribution in [0.25, 0.3) is 0 Å². The van der Waals surface area contributed by atoms with Crippen molar-refractivity contribution in [2.45, 2.75) is 20.4 Å². The third kappa shape index (κ3) is 6.47. The molecule has 0 spiro atoms. The molecule has 5 heteroatoms. The van der Waals surface area contributed by atoms with E-state index >= 15 is 0 Å². The van der Waals surface area contributed by atoms with Crippen LogP contribution in [-0.4, -0.2) is 37.6 Å². The number of hydrogen-bond acceptors (Lipinski definition) is 4. The average molecular weight is 342 g/mol. The Kier molecular flexibility index (Phi) is 7.29. The summed E-state index contributed by atoms with van der Waals surface area (Å²) in [4.78, 5) is 14.1. The van der Waals surface area contributed by atoms with Crippen LogP contribution in [0.3, 0.4) is 0 Å². The van der Waals surface area contributed by atoms with E-state index in [1.54, 1.807) is 0 Å². The van der Waals surface area contributed by atoms with Crippen LogP contribution in [-0.2, 0) is 11.3 Å². The summed E-state index contributed by atoms with van der Waals surface area (Å²) >= 11 is 0. The first-order valence-electron chi connectivity index (χ1n) is 8.53. The van der Waals surface area contributed by atoms with E-state index in [1.165, 1.54) is 0 Å². The van der Waals surface area contributed by atoms with Gasteiger partial charge in [0.2, 0.25) is 5.91 Å². The number of carbonyl (C=O) groups is 1. The van der Waals surface area contributed by atoms with Gasteiger partial charge in [-0.1, -0.05) is 12.1 Å². The van der Waals surface area contributed by atoms with Crippen LogP contribution < -0.4 is 14.8 Å². The molecule has 0 aliphatic carbocycles. The maximum absolute atomic E-state index is 12.2. The van der Waals surface area contributed by atoms with Crippen molar-refractivity contribution in [1.29, 1.82) is 0 Å². The van der Waals surface area contributed by atoms with Crippen molar-refractivity contribution in [2.24, 2.45) is 0 Å². The zero-order valence-electron chi connectivity index (χ0n) is 15.1. The van der Waals surface area contributed by atoms with Gasteiger partial charge >= 0.3 is 0 Å². The smallest absolute Gasteiger partial charge is 0.238 e. The number of rotatable bonds is 9. The van der Waals surface area contributed by atoms with Gasteiger partial charge in [0.05, 0.1) is 19.8 Å². The van der Waals surface area contributed by atoms with Gasteiger partial charge in [0.15, 0.2) is 0 Å². The number of amides is 1. The van der Waals surface area contributed by atoms with Crippen molar-refractivity contribution in [2.75, 3.05) is 32.1 Å². The SMILES string of the molecule is CCOc1ccc(CN(C)CC(=O)Nc2ccc(OCC)cc2)cc1. The third-order valence-electron chi connectivity index (χ3n) is 3.55. The lowest BCUT2D eigenvalue weighted by atomic mass is 10.2. The molecule has 2 rings (SSSR count). The molecule has 0 atom stereocenters. The monoisotopic (exact) mass is 342 g/mol.